The van der Waals surface area contributed by atoms with Gasteiger partial charge in [0.2, 0.25) is 10.0 Å². The zero-order valence-corrected chi connectivity index (χ0v) is 12.9. The maximum Gasteiger partial charge on any atom is 0.240 e. The van der Waals surface area contributed by atoms with Gasteiger partial charge in [-0.25, -0.2) is 13.1 Å². The van der Waals surface area contributed by atoms with E-state index in [4.69, 9.17) is 6.42 Å². The average Bonchev–Trinajstić information content (AvgIpc) is 2.54. The third-order valence-corrected chi connectivity index (χ3v) is 4.62. The molecule has 0 heterocycles. The van der Waals surface area contributed by atoms with Crippen LogP contribution in [-0.2, 0) is 16.4 Å². The first kappa shape index (κ1) is 16.0. The number of hydrogen-bond acceptors (Lipinski definition) is 2. The van der Waals surface area contributed by atoms with E-state index in [1.165, 1.54) is 6.08 Å². The number of hydrogen-bond donors (Lipinski definition) is 1. The fourth-order valence-electron chi connectivity index (χ4n) is 2.01. The number of benzene rings is 2. The fourth-order valence-corrected chi connectivity index (χ4v) is 3.01. The minimum Gasteiger partial charge on any atom is -0.207 e. The molecule has 0 aliphatic carbocycles. The molecule has 0 saturated carbocycles. The van der Waals surface area contributed by atoms with Crippen molar-refractivity contribution in [2.45, 2.75) is 11.3 Å². The largest absolute Gasteiger partial charge is 0.240 e. The Bertz CT molecular complexity index is 782. The Morgan fingerprint density at radius 1 is 1.05 bits per heavy atom. The molecule has 0 amide bonds. The molecule has 0 spiro atoms. The first-order valence-electron chi connectivity index (χ1n) is 6.80. The number of rotatable bonds is 6. The normalized spacial score (nSPS) is 10.9. The van der Waals surface area contributed by atoms with Crippen LogP contribution < -0.4 is 4.72 Å². The van der Waals surface area contributed by atoms with E-state index in [1.807, 2.05) is 24.3 Å². The van der Waals surface area contributed by atoms with Gasteiger partial charge in [-0.3, -0.25) is 0 Å². The first-order valence-corrected chi connectivity index (χ1v) is 8.28. The maximum absolute atomic E-state index is 12.0. The van der Waals surface area contributed by atoms with Crippen LogP contribution in [0.4, 0.5) is 0 Å². The Morgan fingerprint density at radius 2 is 1.59 bits per heavy atom. The van der Waals surface area contributed by atoms with E-state index in [0.717, 1.165) is 16.7 Å². The molecule has 22 heavy (non-hydrogen) atoms. The zero-order chi connectivity index (χ0) is 16.0. The van der Waals surface area contributed by atoms with Crippen LogP contribution in [0.5, 0.6) is 0 Å². The molecular weight excluding hydrogens is 294 g/mol. The predicted octanol–water partition coefficient (Wildman–Crippen LogP) is 2.99. The lowest BCUT2D eigenvalue weighted by Gasteiger charge is -2.07. The third-order valence-electron chi connectivity index (χ3n) is 3.18. The molecule has 0 atom stereocenters. The van der Waals surface area contributed by atoms with Crippen molar-refractivity contribution >= 4 is 10.0 Å². The lowest BCUT2D eigenvalue weighted by atomic mass is 10.0. The van der Waals surface area contributed by atoms with Crippen LogP contribution in [-0.4, -0.2) is 15.0 Å². The van der Waals surface area contributed by atoms with E-state index < -0.39 is 10.0 Å². The van der Waals surface area contributed by atoms with Crippen LogP contribution in [0.2, 0.25) is 0 Å². The van der Waals surface area contributed by atoms with E-state index in [2.05, 4.69) is 17.2 Å². The number of nitrogens with one attached hydrogen (secondary N) is 1. The molecule has 4 heteroatoms. The van der Waals surface area contributed by atoms with Gasteiger partial charge in [-0.1, -0.05) is 42.5 Å². The van der Waals surface area contributed by atoms with Gasteiger partial charge in [0.25, 0.3) is 0 Å². The van der Waals surface area contributed by atoms with E-state index in [9.17, 15) is 8.42 Å². The first-order chi connectivity index (χ1) is 10.6. The van der Waals surface area contributed by atoms with Crippen LogP contribution in [0, 0.1) is 12.3 Å². The van der Waals surface area contributed by atoms with Crippen molar-refractivity contribution in [2.75, 3.05) is 6.54 Å². The average molecular weight is 311 g/mol. The van der Waals surface area contributed by atoms with Crippen LogP contribution in [0.1, 0.15) is 5.56 Å². The Labute approximate surface area is 131 Å². The highest BCUT2D eigenvalue weighted by Gasteiger charge is 2.12. The SMILES string of the molecule is C#CCc1ccc(-c2ccc(S(=O)(=O)NCC=C)cc2)cc1. The van der Waals surface area contributed by atoms with Gasteiger partial charge in [0.15, 0.2) is 0 Å². The lowest BCUT2D eigenvalue weighted by molar-refractivity contribution is 0.585. The predicted molar refractivity (Wildman–Crippen MR) is 89.8 cm³/mol. The Kier molecular flexibility index (Phi) is 5.16. The van der Waals surface area contributed by atoms with Gasteiger partial charge in [-0.2, -0.15) is 0 Å². The molecule has 1 N–H and O–H groups in total. The summed E-state index contributed by atoms with van der Waals surface area (Å²) in [7, 11) is -3.48. The van der Waals surface area contributed by atoms with Crippen LogP contribution in [0.15, 0.2) is 66.1 Å². The molecule has 0 radical (unpaired) electrons. The number of terminal acetylenes is 1. The van der Waals surface area contributed by atoms with E-state index in [1.54, 1.807) is 24.3 Å². The summed E-state index contributed by atoms with van der Waals surface area (Å²) in [5.74, 6) is 2.60. The summed E-state index contributed by atoms with van der Waals surface area (Å²) < 4.78 is 26.4. The Hall–Kier alpha value is -2.35. The van der Waals surface area contributed by atoms with Crippen LogP contribution in [0.3, 0.4) is 0 Å². The van der Waals surface area contributed by atoms with Crippen molar-refractivity contribution in [3.05, 3.63) is 66.7 Å². The summed E-state index contributed by atoms with van der Waals surface area (Å²) in [6.45, 7) is 3.70. The molecule has 0 saturated heterocycles. The van der Waals surface area contributed by atoms with E-state index >= 15 is 0 Å². The molecule has 0 unspecified atom stereocenters. The monoisotopic (exact) mass is 311 g/mol. The van der Waals surface area contributed by atoms with E-state index in [-0.39, 0.29) is 11.4 Å². The molecule has 0 aromatic heterocycles. The highest BCUT2D eigenvalue weighted by atomic mass is 32.2. The molecule has 0 bridgehead atoms. The summed E-state index contributed by atoms with van der Waals surface area (Å²) in [6.07, 6.45) is 7.39. The molecule has 3 nitrogen and oxygen atoms in total. The molecule has 2 rings (SSSR count). The molecule has 0 aliphatic heterocycles. The van der Waals surface area contributed by atoms with Gasteiger partial charge < -0.3 is 0 Å². The van der Waals surface area contributed by atoms with Crippen molar-refractivity contribution in [3.63, 3.8) is 0 Å². The van der Waals surface area contributed by atoms with Crippen molar-refractivity contribution < 1.29 is 8.42 Å². The summed E-state index contributed by atoms with van der Waals surface area (Å²) in [6, 6.07) is 14.7. The molecule has 0 aliphatic rings. The second-order valence-corrected chi connectivity index (χ2v) is 6.51. The lowest BCUT2D eigenvalue weighted by Crippen LogP contribution is -2.23. The van der Waals surface area contributed by atoms with Crippen molar-refractivity contribution in [2.24, 2.45) is 0 Å². The van der Waals surface area contributed by atoms with Gasteiger partial charge in [-0.05, 0) is 28.8 Å². The number of sulfonamides is 1. The van der Waals surface area contributed by atoms with Gasteiger partial charge in [0.1, 0.15) is 0 Å². The van der Waals surface area contributed by atoms with Gasteiger partial charge in [-0.15, -0.1) is 18.9 Å². The minimum atomic E-state index is -3.48. The zero-order valence-electron chi connectivity index (χ0n) is 12.1. The quantitative estimate of drug-likeness (QED) is 0.658. The smallest absolute Gasteiger partial charge is 0.207 e. The van der Waals surface area contributed by atoms with Crippen LogP contribution >= 0.6 is 0 Å². The standard InChI is InChI=1S/C18H17NO2S/c1-3-5-15-6-8-16(9-7-15)17-10-12-18(13-11-17)22(20,21)19-14-4-2/h1,4,6-13,19H,2,5,14H2. The minimum absolute atomic E-state index is 0.209. The second kappa shape index (κ2) is 7.08. The topological polar surface area (TPSA) is 46.2 Å². The van der Waals surface area contributed by atoms with Gasteiger partial charge in [0.05, 0.1) is 4.90 Å². The highest BCUT2D eigenvalue weighted by Crippen LogP contribution is 2.22. The summed E-state index contributed by atoms with van der Waals surface area (Å²) >= 11 is 0. The summed E-state index contributed by atoms with van der Waals surface area (Å²) in [5, 5.41) is 0. The Morgan fingerprint density at radius 3 is 2.09 bits per heavy atom. The summed E-state index contributed by atoms with van der Waals surface area (Å²) in [5.41, 5.74) is 3.05. The van der Waals surface area contributed by atoms with Crippen molar-refractivity contribution in [1.29, 1.82) is 0 Å². The maximum atomic E-state index is 12.0. The Balaban J connectivity index is 2.21. The molecule has 2 aromatic rings. The van der Waals surface area contributed by atoms with Crippen molar-refractivity contribution in [1.82, 2.24) is 4.72 Å². The highest BCUT2D eigenvalue weighted by molar-refractivity contribution is 7.89. The van der Waals surface area contributed by atoms with Crippen LogP contribution in [0.25, 0.3) is 11.1 Å². The van der Waals surface area contributed by atoms with Gasteiger partial charge in [0, 0.05) is 13.0 Å². The second-order valence-electron chi connectivity index (χ2n) is 4.74. The summed E-state index contributed by atoms with van der Waals surface area (Å²) in [4.78, 5) is 0.238. The fraction of sp³-hybridized carbons (Fsp3) is 0.111. The molecule has 112 valence electrons. The van der Waals surface area contributed by atoms with Crippen molar-refractivity contribution in [3.8, 4) is 23.5 Å². The van der Waals surface area contributed by atoms with E-state index in [0.29, 0.717) is 6.42 Å². The van der Waals surface area contributed by atoms with Gasteiger partial charge >= 0.3 is 0 Å². The molecule has 0 fully saturated rings. The third kappa shape index (κ3) is 3.85. The molecule has 2 aromatic carbocycles. The molecular formula is C18H17NO2S.